The molecule has 0 spiro atoms. The van der Waals surface area contributed by atoms with Crippen LogP contribution in [0.15, 0.2) is 76.8 Å². The number of hydrogen-bond donors (Lipinski definition) is 0. The Morgan fingerprint density at radius 1 is 0.964 bits per heavy atom. The summed E-state index contributed by atoms with van der Waals surface area (Å²) in [6, 6.07) is 20.5. The lowest BCUT2D eigenvalue weighted by Gasteiger charge is -2.11. The molecule has 0 aliphatic rings. The van der Waals surface area contributed by atoms with E-state index in [2.05, 4.69) is 45.7 Å². The molecule has 5 nitrogen and oxygen atoms in total. The van der Waals surface area contributed by atoms with E-state index in [0.29, 0.717) is 18.7 Å². The lowest BCUT2D eigenvalue weighted by molar-refractivity contribution is 0.647. The lowest BCUT2D eigenvalue weighted by atomic mass is 10.2. The summed E-state index contributed by atoms with van der Waals surface area (Å²) in [6.07, 6.45) is 2.68. The summed E-state index contributed by atoms with van der Waals surface area (Å²) in [6.45, 7) is 3.37. The van der Waals surface area contributed by atoms with Crippen LogP contribution in [-0.2, 0) is 18.8 Å². The normalized spacial score (nSPS) is 11.2. The van der Waals surface area contributed by atoms with Gasteiger partial charge in [0.05, 0.1) is 6.33 Å². The van der Waals surface area contributed by atoms with E-state index in [1.807, 2.05) is 42.7 Å². The van der Waals surface area contributed by atoms with Crippen molar-refractivity contribution in [3.63, 3.8) is 0 Å². The number of nitrogens with zero attached hydrogens (tertiary/aromatic N) is 4. The summed E-state index contributed by atoms with van der Waals surface area (Å²) in [4.78, 5) is 21.6. The van der Waals surface area contributed by atoms with Crippen molar-refractivity contribution in [1.29, 1.82) is 0 Å². The second-order valence-corrected chi connectivity index (χ2v) is 7.62. The summed E-state index contributed by atoms with van der Waals surface area (Å²) < 4.78 is 3.78. The van der Waals surface area contributed by atoms with Crippen molar-refractivity contribution in [2.24, 2.45) is 0 Å². The third-order valence-electron chi connectivity index (χ3n) is 4.57. The average molecular weight is 391 g/mol. The number of fused-ring (bicyclic) bond motifs is 1. The third kappa shape index (κ3) is 3.87. The molecular weight excluding hydrogens is 368 g/mol. The molecule has 0 atom stereocenters. The molecule has 0 N–H and O–H groups in total. The predicted molar refractivity (Wildman–Crippen MR) is 114 cm³/mol. The Balaban J connectivity index is 1.77. The summed E-state index contributed by atoms with van der Waals surface area (Å²) >= 11 is 1.59. The second kappa shape index (κ2) is 8.44. The van der Waals surface area contributed by atoms with Gasteiger partial charge < -0.3 is 4.57 Å². The Morgan fingerprint density at radius 2 is 1.64 bits per heavy atom. The Hall–Kier alpha value is -2.86. The fourth-order valence-electron chi connectivity index (χ4n) is 3.23. The fraction of sp³-hybridized carbons (Fsp3) is 0.227. The van der Waals surface area contributed by atoms with Crippen LogP contribution in [0.25, 0.3) is 11.2 Å². The molecule has 0 unspecified atom stereocenters. The van der Waals surface area contributed by atoms with Crippen molar-refractivity contribution in [3.05, 3.63) is 88.6 Å². The van der Waals surface area contributed by atoms with Gasteiger partial charge in [0.2, 0.25) is 0 Å². The SMILES string of the molecule is CCCn1c(=O)nc(SCc2ccccc2)c2c1ncn2Cc1ccccc1. The summed E-state index contributed by atoms with van der Waals surface area (Å²) in [5.41, 5.74) is 3.81. The highest BCUT2D eigenvalue weighted by molar-refractivity contribution is 7.98. The van der Waals surface area contributed by atoms with Crippen molar-refractivity contribution in [1.82, 2.24) is 19.1 Å². The van der Waals surface area contributed by atoms with Crippen molar-refractivity contribution in [2.75, 3.05) is 0 Å². The Bertz CT molecular complexity index is 1120. The van der Waals surface area contributed by atoms with E-state index >= 15 is 0 Å². The third-order valence-corrected chi connectivity index (χ3v) is 5.60. The number of rotatable bonds is 7. The van der Waals surface area contributed by atoms with E-state index < -0.39 is 0 Å². The minimum Gasteiger partial charge on any atom is -0.323 e. The molecule has 2 aromatic heterocycles. The molecule has 4 rings (SSSR count). The van der Waals surface area contributed by atoms with Crippen LogP contribution in [-0.4, -0.2) is 19.1 Å². The molecule has 2 heterocycles. The van der Waals surface area contributed by atoms with Gasteiger partial charge in [-0.15, -0.1) is 0 Å². The van der Waals surface area contributed by atoms with Crippen LogP contribution >= 0.6 is 11.8 Å². The fourth-order valence-corrected chi connectivity index (χ4v) is 4.21. The molecule has 142 valence electrons. The first-order chi connectivity index (χ1) is 13.8. The van der Waals surface area contributed by atoms with E-state index in [1.54, 1.807) is 16.3 Å². The Kier molecular flexibility index (Phi) is 5.58. The smallest absolute Gasteiger partial charge is 0.323 e. The van der Waals surface area contributed by atoms with Gasteiger partial charge in [-0.2, -0.15) is 4.98 Å². The van der Waals surface area contributed by atoms with Crippen molar-refractivity contribution in [3.8, 4) is 0 Å². The van der Waals surface area contributed by atoms with Gasteiger partial charge in [-0.25, -0.2) is 9.78 Å². The van der Waals surface area contributed by atoms with Crippen LogP contribution in [0.2, 0.25) is 0 Å². The monoisotopic (exact) mass is 390 g/mol. The topological polar surface area (TPSA) is 52.7 Å². The maximum Gasteiger partial charge on any atom is 0.350 e. The number of aryl methyl sites for hydroxylation is 1. The zero-order chi connectivity index (χ0) is 19.3. The largest absolute Gasteiger partial charge is 0.350 e. The predicted octanol–water partition coefficient (Wildman–Crippen LogP) is 4.34. The number of aromatic nitrogens is 4. The average Bonchev–Trinajstić information content (AvgIpc) is 3.14. The lowest BCUT2D eigenvalue weighted by Crippen LogP contribution is -2.24. The van der Waals surface area contributed by atoms with Gasteiger partial charge in [0.25, 0.3) is 0 Å². The van der Waals surface area contributed by atoms with Crippen LogP contribution < -0.4 is 5.69 Å². The van der Waals surface area contributed by atoms with Gasteiger partial charge in [-0.1, -0.05) is 79.3 Å². The quantitative estimate of drug-likeness (QED) is 0.348. The molecule has 2 aromatic carbocycles. The van der Waals surface area contributed by atoms with Crippen LogP contribution in [0.1, 0.15) is 24.5 Å². The first kappa shape index (κ1) is 18.5. The minimum atomic E-state index is -0.227. The molecule has 0 aliphatic heterocycles. The summed E-state index contributed by atoms with van der Waals surface area (Å²) in [5, 5.41) is 0.740. The van der Waals surface area contributed by atoms with Gasteiger partial charge in [0, 0.05) is 18.8 Å². The standard InChI is InChI=1S/C22H22N4OS/c1-2-13-26-20-19(25(16-23-20)14-17-9-5-3-6-10-17)21(24-22(26)27)28-15-18-11-7-4-8-12-18/h3-12,16H,2,13-15H2,1H3. The second-order valence-electron chi connectivity index (χ2n) is 6.66. The van der Waals surface area contributed by atoms with Gasteiger partial charge in [0.15, 0.2) is 5.65 Å². The maximum absolute atomic E-state index is 12.6. The molecule has 0 saturated heterocycles. The van der Waals surface area contributed by atoms with Gasteiger partial charge >= 0.3 is 5.69 Å². The van der Waals surface area contributed by atoms with Crippen molar-refractivity contribution in [2.45, 2.75) is 37.2 Å². The zero-order valence-electron chi connectivity index (χ0n) is 15.8. The zero-order valence-corrected chi connectivity index (χ0v) is 16.6. The summed E-state index contributed by atoms with van der Waals surface area (Å²) in [7, 11) is 0. The van der Waals surface area contributed by atoms with Gasteiger partial charge in [-0.05, 0) is 17.5 Å². The molecule has 6 heteroatoms. The van der Waals surface area contributed by atoms with Crippen LogP contribution in [0.5, 0.6) is 0 Å². The van der Waals surface area contributed by atoms with Crippen LogP contribution in [0.3, 0.4) is 0 Å². The minimum absolute atomic E-state index is 0.227. The molecule has 0 radical (unpaired) electrons. The molecule has 0 saturated carbocycles. The van der Waals surface area contributed by atoms with E-state index in [4.69, 9.17) is 0 Å². The maximum atomic E-state index is 12.6. The van der Waals surface area contributed by atoms with Gasteiger partial charge in [0.1, 0.15) is 10.5 Å². The van der Waals surface area contributed by atoms with E-state index in [-0.39, 0.29) is 5.69 Å². The highest BCUT2D eigenvalue weighted by Crippen LogP contribution is 2.27. The number of thioether (sulfide) groups is 1. The van der Waals surface area contributed by atoms with Crippen molar-refractivity contribution >= 4 is 22.9 Å². The molecule has 28 heavy (non-hydrogen) atoms. The van der Waals surface area contributed by atoms with Crippen LogP contribution in [0.4, 0.5) is 0 Å². The van der Waals surface area contributed by atoms with E-state index in [9.17, 15) is 4.79 Å². The van der Waals surface area contributed by atoms with Crippen molar-refractivity contribution < 1.29 is 0 Å². The molecule has 4 aromatic rings. The highest BCUT2D eigenvalue weighted by atomic mass is 32.2. The first-order valence-corrected chi connectivity index (χ1v) is 10.4. The Labute approximate surface area is 168 Å². The molecule has 0 fully saturated rings. The first-order valence-electron chi connectivity index (χ1n) is 9.42. The van der Waals surface area contributed by atoms with E-state index in [1.165, 1.54) is 11.1 Å². The number of imidazole rings is 1. The molecule has 0 aliphatic carbocycles. The van der Waals surface area contributed by atoms with E-state index in [0.717, 1.165) is 22.7 Å². The Morgan fingerprint density at radius 3 is 2.32 bits per heavy atom. The summed E-state index contributed by atoms with van der Waals surface area (Å²) in [5.74, 6) is 0.761. The van der Waals surface area contributed by atoms with Gasteiger partial charge in [-0.3, -0.25) is 4.57 Å². The van der Waals surface area contributed by atoms with Crippen LogP contribution in [0, 0.1) is 0 Å². The highest BCUT2D eigenvalue weighted by Gasteiger charge is 2.16. The molecule has 0 bridgehead atoms. The molecular formula is C22H22N4OS. The number of benzene rings is 2. The molecule has 0 amide bonds. The number of hydrogen-bond acceptors (Lipinski definition) is 4.